The molecule has 0 amide bonds. The summed E-state index contributed by atoms with van der Waals surface area (Å²) in [6.07, 6.45) is 7.18. The zero-order valence-electron chi connectivity index (χ0n) is 14.5. The quantitative estimate of drug-likeness (QED) is 0.678. The summed E-state index contributed by atoms with van der Waals surface area (Å²) in [4.78, 5) is 20.4. The smallest absolute Gasteiger partial charge is 0.141 e. The summed E-state index contributed by atoms with van der Waals surface area (Å²) < 4.78 is 0. The number of carbonyl (C=O) groups excluding carboxylic acids is 1. The zero-order valence-corrected chi connectivity index (χ0v) is 14.5. The van der Waals surface area contributed by atoms with Crippen LogP contribution in [0.5, 0.6) is 0 Å². The molecule has 124 valence electrons. The molecule has 0 radical (unpaired) electrons. The van der Waals surface area contributed by atoms with Gasteiger partial charge in [0.15, 0.2) is 0 Å². The molecule has 0 fully saturated rings. The van der Waals surface area contributed by atoms with Crippen LogP contribution in [0.3, 0.4) is 0 Å². The van der Waals surface area contributed by atoms with E-state index in [4.69, 9.17) is 0 Å². The molecule has 2 unspecified atom stereocenters. The molecular formula is C20H28N2O. The van der Waals surface area contributed by atoms with Crippen LogP contribution in [0.2, 0.25) is 0 Å². The van der Waals surface area contributed by atoms with E-state index in [9.17, 15) is 4.79 Å². The average molecular weight is 312 g/mol. The lowest BCUT2D eigenvalue weighted by molar-refractivity contribution is -0.121. The number of hydrogen-bond donors (Lipinski definition) is 1. The summed E-state index contributed by atoms with van der Waals surface area (Å²) in [5.74, 6) is 1.51. The van der Waals surface area contributed by atoms with Crippen molar-refractivity contribution >= 4 is 5.78 Å². The van der Waals surface area contributed by atoms with Crippen LogP contribution < -0.4 is 0 Å². The first-order valence-corrected chi connectivity index (χ1v) is 8.79. The summed E-state index contributed by atoms with van der Waals surface area (Å²) in [5.41, 5.74) is 1.90. The van der Waals surface area contributed by atoms with Crippen LogP contribution in [0.4, 0.5) is 0 Å². The van der Waals surface area contributed by atoms with Crippen molar-refractivity contribution in [3.63, 3.8) is 0 Å². The number of nitrogens with zero attached hydrogens (tertiary/aromatic N) is 1. The van der Waals surface area contributed by atoms with E-state index in [1.165, 1.54) is 12.8 Å². The minimum absolute atomic E-state index is 0.139. The van der Waals surface area contributed by atoms with E-state index < -0.39 is 0 Å². The number of benzene rings is 1. The summed E-state index contributed by atoms with van der Waals surface area (Å²) in [5, 5.41) is 0. The second-order valence-corrected chi connectivity index (χ2v) is 6.35. The standard InChI is InChI=1S/C20H28N2O/c1-4-6-10-16(5-2)13-19(23)15(3)18-14-21-20(22-18)17-11-8-7-9-12-17/h7-9,11-12,14-16H,4-6,10,13H2,1-3H3,(H,21,22). The van der Waals surface area contributed by atoms with E-state index in [2.05, 4.69) is 23.8 Å². The number of rotatable bonds is 9. The maximum atomic E-state index is 12.6. The third-order valence-electron chi connectivity index (χ3n) is 4.60. The first-order chi connectivity index (χ1) is 11.2. The number of H-pyrrole nitrogens is 1. The molecule has 0 spiro atoms. The molecule has 3 heteroatoms. The Morgan fingerprint density at radius 2 is 1.96 bits per heavy atom. The molecule has 0 saturated carbocycles. The molecule has 1 aromatic heterocycles. The molecule has 1 heterocycles. The monoisotopic (exact) mass is 312 g/mol. The number of aromatic amines is 1. The molecule has 1 aromatic carbocycles. The number of Topliss-reactive ketones (excluding diaryl/α,β-unsaturated/α-hetero) is 1. The van der Waals surface area contributed by atoms with Gasteiger partial charge in [0.2, 0.25) is 0 Å². The molecule has 2 aromatic rings. The zero-order chi connectivity index (χ0) is 16.7. The predicted octanol–water partition coefficient (Wildman–Crippen LogP) is 5.36. The van der Waals surface area contributed by atoms with Gasteiger partial charge in [-0.15, -0.1) is 0 Å². The number of nitrogens with one attached hydrogen (secondary N) is 1. The summed E-state index contributed by atoms with van der Waals surface area (Å²) in [6, 6.07) is 10.0. The topological polar surface area (TPSA) is 45.8 Å². The van der Waals surface area contributed by atoms with E-state index in [0.717, 1.165) is 29.9 Å². The fourth-order valence-electron chi connectivity index (χ4n) is 2.87. The number of aromatic nitrogens is 2. The minimum atomic E-state index is -0.139. The highest BCUT2D eigenvalue weighted by Gasteiger charge is 2.21. The highest BCUT2D eigenvalue weighted by atomic mass is 16.1. The van der Waals surface area contributed by atoms with Crippen molar-refractivity contribution < 1.29 is 4.79 Å². The maximum Gasteiger partial charge on any atom is 0.141 e. The van der Waals surface area contributed by atoms with Gasteiger partial charge in [0, 0.05) is 18.2 Å². The van der Waals surface area contributed by atoms with Crippen LogP contribution in [0.25, 0.3) is 11.4 Å². The van der Waals surface area contributed by atoms with Gasteiger partial charge < -0.3 is 4.98 Å². The van der Waals surface area contributed by atoms with Crippen LogP contribution >= 0.6 is 0 Å². The van der Waals surface area contributed by atoms with Crippen LogP contribution in [-0.2, 0) is 4.79 Å². The van der Waals surface area contributed by atoms with Crippen molar-refractivity contribution in [3.8, 4) is 11.4 Å². The molecule has 0 bridgehead atoms. The molecule has 0 aliphatic heterocycles. The van der Waals surface area contributed by atoms with Crippen molar-refractivity contribution in [3.05, 3.63) is 42.2 Å². The summed E-state index contributed by atoms with van der Waals surface area (Å²) in [7, 11) is 0. The normalized spacial score (nSPS) is 13.7. The number of unbranched alkanes of at least 4 members (excludes halogenated alkanes) is 1. The Hall–Kier alpha value is -1.90. The third kappa shape index (κ3) is 4.78. The molecule has 23 heavy (non-hydrogen) atoms. The van der Waals surface area contributed by atoms with Crippen LogP contribution in [0.1, 0.15) is 64.5 Å². The van der Waals surface area contributed by atoms with Crippen molar-refractivity contribution in [2.75, 3.05) is 0 Å². The highest BCUT2D eigenvalue weighted by Crippen LogP contribution is 2.25. The summed E-state index contributed by atoms with van der Waals surface area (Å²) >= 11 is 0. The lowest BCUT2D eigenvalue weighted by Gasteiger charge is -2.15. The fourth-order valence-corrected chi connectivity index (χ4v) is 2.87. The molecular weight excluding hydrogens is 284 g/mol. The highest BCUT2D eigenvalue weighted by molar-refractivity contribution is 5.85. The fraction of sp³-hybridized carbons (Fsp3) is 0.500. The van der Waals surface area contributed by atoms with Crippen molar-refractivity contribution in [1.29, 1.82) is 0 Å². The Balaban J connectivity index is 2.01. The van der Waals surface area contributed by atoms with E-state index in [1.54, 1.807) is 0 Å². The maximum absolute atomic E-state index is 12.6. The van der Waals surface area contributed by atoms with E-state index in [-0.39, 0.29) is 5.92 Å². The van der Waals surface area contributed by atoms with Crippen LogP contribution in [0.15, 0.2) is 36.5 Å². The molecule has 0 aliphatic carbocycles. The lowest BCUT2D eigenvalue weighted by Crippen LogP contribution is -2.14. The van der Waals surface area contributed by atoms with Gasteiger partial charge in [0.25, 0.3) is 0 Å². The molecule has 0 aliphatic rings. The Labute approximate surface area is 139 Å². The Morgan fingerprint density at radius 1 is 1.22 bits per heavy atom. The van der Waals surface area contributed by atoms with Crippen molar-refractivity contribution in [2.45, 2.75) is 58.8 Å². The predicted molar refractivity (Wildman–Crippen MR) is 95.4 cm³/mol. The molecule has 0 saturated heterocycles. The number of carbonyl (C=O) groups is 1. The van der Waals surface area contributed by atoms with E-state index in [0.29, 0.717) is 18.1 Å². The molecule has 3 nitrogen and oxygen atoms in total. The first kappa shape index (κ1) is 17.5. The van der Waals surface area contributed by atoms with E-state index in [1.807, 2.05) is 43.5 Å². The SMILES string of the molecule is CCCCC(CC)CC(=O)C(C)c1c[nH]c(-c2ccccc2)n1. The van der Waals surface area contributed by atoms with E-state index >= 15 is 0 Å². The second-order valence-electron chi connectivity index (χ2n) is 6.35. The van der Waals surface area contributed by atoms with Gasteiger partial charge in [-0.3, -0.25) is 4.79 Å². The largest absolute Gasteiger partial charge is 0.344 e. The minimum Gasteiger partial charge on any atom is -0.344 e. The number of ketones is 1. The van der Waals surface area contributed by atoms with Gasteiger partial charge in [0.1, 0.15) is 11.6 Å². The van der Waals surface area contributed by atoms with Gasteiger partial charge >= 0.3 is 0 Å². The average Bonchev–Trinajstić information content (AvgIpc) is 3.08. The van der Waals surface area contributed by atoms with Gasteiger partial charge in [-0.1, -0.05) is 69.9 Å². The molecule has 1 N–H and O–H groups in total. The third-order valence-corrected chi connectivity index (χ3v) is 4.60. The Kier molecular flexibility index (Phi) is 6.57. The second kappa shape index (κ2) is 8.66. The van der Waals surface area contributed by atoms with Crippen LogP contribution in [-0.4, -0.2) is 15.8 Å². The van der Waals surface area contributed by atoms with Gasteiger partial charge in [0.05, 0.1) is 11.6 Å². The Bertz CT molecular complexity index is 603. The van der Waals surface area contributed by atoms with Crippen molar-refractivity contribution in [1.82, 2.24) is 9.97 Å². The number of imidazole rings is 1. The van der Waals surface area contributed by atoms with Crippen LogP contribution in [0, 0.1) is 5.92 Å². The summed E-state index contributed by atoms with van der Waals surface area (Å²) in [6.45, 7) is 6.35. The Morgan fingerprint density at radius 3 is 2.61 bits per heavy atom. The van der Waals surface area contributed by atoms with Gasteiger partial charge in [-0.2, -0.15) is 0 Å². The van der Waals surface area contributed by atoms with Crippen molar-refractivity contribution in [2.24, 2.45) is 5.92 Å². The molecule has 2 atom stereocenters. The van der Waals surface area contributed by atoms with Gasteiger partial charge in [-0.05, 0) is 12.8 Å². The number of hydrogen-bond acceptors (Lipinski definition) is 2. The molecule has 2 rings (SSSR count). The lowest BCUT2D eigenvalue weighted by atomic mass is 9.89. The first-order valence-electron chi connectivity index (χ1n) is 8.79. The van der Waals surface area contributed by atoms with Gasteiger partial charge in [-0.25, -0.2) is 4.98 Å².